The molecule has 1 radical (unpaired) electrons. The zero-order chi connectivity index (χ0) is 24.3. The van der Waals surface area contributed by atoms with Crippen LogP contribution in [0.3, 0.4) is 0 Å². The molecule has 4 aromatic rings. The van der Waals surface area contributed by atoms with Gasteiger partial charge in [0.15, 0.2) is 23.3 Å². The predicted octanol–water partition coefficient (Wildman–Crippen LogP) is 6.77. The van der Waals surface area contributed by atoms with Crippen LogP contribution < -0.4 is 0 Å². The van der Waals surface area contributed by atoms with E-state index in [1.807, 2.05) is 30.3 Å². The van der Waals surface area contributed by atoms with Crippen LogP contribution in [0, 0.1) is 29.1 Å². The number of benzene rings is 1. The molecule has 0 amide bonds. The molecule has 10 heteroatoms. The molecule has 1 aromatic carbocycles. The standard InChI is InChI=1S/C26H13F5N4.Fe/c27-22-21(23(28)25(30)26(31)24(22)29)19-10-18-9-16-4-3-14(33-16)7-12-1-2-13(32-12)8-15-5-6-17(34-15)11-20(19)35-18;/h1-11,32-33H;/q;+3. The Labute approximate surface area is 210 Å². The van der Waals surface area contributed by atoms with E-state index in [4.69, 9.17) is 0 Å². The van der Waals surface area contributed by atoms with Crippen LogP contribution in [0.2, 0.25) is 0 Å². The van der Waals surface area contributed by atoms with E-state index in [-0.39, 0.29) is 34.0 Å². The molecule has 36 heavy (non-hydrogen) atoms. The summed E-state index contributed by atoms with van der Waals surface area (Å²) in [7, 11) is 0. The van der Waals surface area contributed by atoms with Gasteiger partial charge in [-0.1, -0.05) is 0 Å². The summed E-state index contributed by atoms with van der Waals surface area (Å²) in [5.41, 5.74) is 3.07. The van der Waals surface area contributed by atoms with E-state index in [1.165, 1.54) is 12.1 Å². The second-order valence-electron chi connectivity index (χ2n) is 8.04. The fourth-order valence-electron chi connectivity index (χ4n) is 4.06. The van der Waals surface area contributed by atoms with Crippen LogP contribution in [0.15, 0.2) is 48.5 Å². The van der Waals surface area contributed by atoms with Crippen molar-refractivity contribution in [1.82, 2.24) is 19.9 Å². The minimum Gasteiger partial charge on any atom is -0.355 e. The summed E-state index contributed by atoms with van der Waals surface area (Å²) < 4.78 is 70.9. The normalized spacial score (nSPS) is 12.4. The van der Waals surface area contributed by atoms with Crippen molar-refractivity contribution in [2.24, 2.45) is 0 Å². The molecule has 2 N–H and O–H groups in total. The van der Waals surface area contributed by atoms with E-state index < -0.39 is 34.6 Å². The first-order valence-corrected chi connectivity index (χ1v) is 10.5. The Hall–Kier alpha value is -4.01. The van der Waals surface area contributed by atoms with Crippen LogP contribution in [0.5, 0.6) is 0 Å². The number of hydrogen-bond donors (Lipinski definition) is 2. The van der Waals surface area contributed by atoms with Gasteiger partial charge in [0, 0.05) is 27.6 Å². The third-order valence-corrected chi connectivity index (χ3v) is 5.64. The molecule has 4 nitrogen and oxygen atoms in total. The maximum Gasteiger partial charge on any atom is 3.00 e. The summed E-state index contributed by atoms with van der Waals surface area (Å²) in [5, 5.41) is 0. The van der Waals surface area contributed by atoms with Crippen LogP contribution >= 0.6 is 0 Å². The van der Waals surface area contributed by atoms with Crippen molar-refractivity contribution in [2.45, 2.75) is 0 Å². The number of nitrogens with zero attached hydrogens (tertiary/aromatic N) is 2. The van der Waals surface area contributed by atoms with Gasteiger partial charge in [-0.05, 0) is 66.8 Å². The molecule has 2 aliphatic heterocycles. The van der Waals surface area contributed by atoms with E-state index in [1.54, 1.807) is 24.3 Å². The minimum atomic E-state index is -2.22. The quantitative estimate of drug-likeness (QED) is 0.106. The van der Waals surface area contributed by atoms with Gasteiger partial charge in [0.25, 0.3) is 0 Å². The molecule has 177 valence electrons. The maximum absolute atomic E-state index is 14.7. The summed E-state index contributed by atoms with van der Waals surface area (Å²) >= 11 is 0. The molecule has 0 saturated heterocycles. The average Bonchev–Trinajstić information content (AvgIpc) is 3.62. The third kappa shape index (κ3) is 4.04. The Morgan fingerprint density at radius 1 is 0.528 bits per heavy atom. The molecule has 3 aromatic heterocycles. The van der Waals surface area contributed by atoms with Gasteiger partial charge in [0.1, 0.15) is 0 Å². The topological polar surface area (TPSA) is 57.4 Å². The summed E-state index contributed by atoms with van der Waals surface area (Å²) in [5.74, 6) is -10.1. The second-order valence-corrected chi connectivity index (χ2v) is 8.04. The Morgan fingerprint density at radius 2 is 1.00 bits per heavy atom. The van der Waals surface area contributed by atoms with E-state index in [9.17, 15) is 22.0 Å². The smallest absolute Gasteiger partial charge is 0.355 e. The van der Waals surface area contributed by atoms with Crippen LogP contribution in [-0.4, -0.2) is 19.9 Å². The Bertz CT molecular complexity index is 1740. The monoisotopic (exact) mass is 532 g/mol. The van der Waals surface area contributed by atoms with E-state index in [0.717, 1.165) is 16.6 Å². The van der Waals surface area contributed by atoms with Gasteiger partial charge in [-0.15, -0.1) is 0 Å². The fourth-order valence-corrected chi connectivity index (χ4v) is 4.06. The first-order valence-electron chi connectivity index (χ1n) is 10.5. The molecule has 0 aliphatic carbocycles. The van der Waals surface area contributed by atoms with Gasteiger partial charge in [-0.2, -0.15) is 0 Å². The van der Waals surface area contributed by atoms with Gasteiger partial charge < -0.3 is 9.97 Å². The largest absolute Gasteiger partial charge is 3.00 e. The van der Waals surface area contributed by atoms with Crippen LogP contribution in [0.1, 0.15) is 28.3 Å². The molecule has 2 aliphatic rings. The van der Waals surface area contributed by atoms with Crippen molar-refractivity contribution in [3.05, 3.63) is 106 Å². The molecule has 8 bridgehead atoms. The number of aromatic amines is 2. The van der Waals surface area contributed by atoms with Crippen molar-refractivity contribution in [3.8, 4) is 0 Å². The van der Waals surface area contributed by atoms with Crippen molar-refractivity contribution in [2.75, 3.05) is 0 Å². The van der Waals surface area contributed by atoms with Crippen molar-refractivity contribution < 1.29 is 39.0 Å². The fraction of sp³-hybridized carbons (Fsp3) is 0. The number of hydrogen-bond acceptors (Lipinski definition) is 2. The van der Waals surface area contributed by atoms with E-state index in [2.05, 4.69) is 19.9 Å². The third-order valence-electron chi connectivity index (χ3n) is 5.64. The number of halogens is 5. The molecule has 0 atom stereocenters. The summed E-state index contributed by atoms with van der Waals surface area (Å²) in [6, 6.07) is 14.2. The summed E-state index contributed by atoms with van der Waals surface area (Å²) in [4.78, 5) is 15.3. The SMILES string of the molecule is Fc1c(F)c(F)c(C2=Cc3cc4ccc(cc5ccc(cc6nc(cc2n3)C=C6)[nH]5)[nH]4)c(F)c1F.[Fe+3]. The second kappa shape index (κ2) is 8.89. The van der Waals surface area contributed by atoms with Crippen molar-refractivity contribution in [3.63, 3.8) is 0 Å². The number of H-pyrrole nitrogens is 2. The molecule has 0 saturated carbocycles. The van der Waals surface area contributed by atoms with Gasteiger partial charge >= 0.3 is 17.1 Å². The first kappa shape index (κ1) is 23.7. The van der Waals surface area contributed by atoms with Crippen LogP contribution in [-0.2, 0) is 17.1 Å². The number of nitrogens with one attached hydrogen (secondary N) is 2. The van der Waals surface area contributed by atoms with Crippen molar-refractivity contribution >= 4 is 45.9 Å². The molecule has 0 unspecified atom stereocenters. The van der Waals surface area contributed by atoms with Crippen LogP contribution in [0.25, 0.3) is 45.9 Å². The summed E-state index contributed by atoms with van der Waals surface area (Å²) in [6.07, 6.45) is 4.68. The zero-order valence-electron chi connectivity index (χ0n) is 18.0. The predicted molar refractivity (Wildman–Crippen MR) is 123 cm³/mol. The maximum atomic E-state index is 14.7. The molecule has 0 spiro atoms. The molecular weight excluding hydrogens is 519 g/mol. The van der Waals surface area contributed by atoms with Gasteiger partial charge in [-0.25, -0.2) is 31.9 Å². The van der Waals surface area contributed by atoms with Gasteiger partial charge in [0.05, 0.1) is 28.3 Å². The number of aromatic nitrogens is 4. The van der Waals surface area contributed by atoms with E-state index in [0.29, 0.717) is 16.9 Å². The Morgan fingerprint density at radius 3 is 1.58 bits per heavy atom. The number of rotatable bonds is 1. The van der Waals surface area contributed by atoms with Gasteiger partial charge in [-0.3, -0.25) is 0 Å². The Kier molecular flexibility index (Phi) is 5.86. The van der Waals surface area contributed by atoms with Crippen molar-refractivity contribution in [1.29, 1.82) is 0 Å². The molecule has 6 rings (SSSR count). The molecular formula is C26H13F5FeN4+3. The summed E-state index contributed by atoms with van der Waals surface area (Å²) in [6.45, 7) is 0. The first-order chi connectivity index (χ1) is 16.9. The van der Waals surface area contributed by atoms with E-state index >= 15 is 0 Å². The average molecular weight is 532 g/mol. The minimum absolute atomic E-state index is 0. The van der Waals surface area contributed by atoms with Gasteiger partial charge in [0.2, 0.25) is 5.82 Å². The zero-order valence-corrected chi connectivity index (χ0v) is 19.1. The van der Waals surface area contributed by atoms with Crippen LogP contribution in [0.4, 0.5) is 22.0 Å². The Balaban J connectivity index is 0.00000267. The molecule has 0 fully saturated rings. The number of fused-ring (bicyclic) bond motifs is 8. The molecule has 5 heterocycles.